The number of amides is 1. The molecule has 122 valence electrons. The van der Waals surface area contributed by atoms with E-state index >= 15 is 0 Å². The molecule has 21 heavy (non-hydrogen) atoms. The van der Waals surface area contributed by atoms with Crippen molar-refractivity contribution in [1.29, 1.82) is 0 Å². The fraction of sp³-hybridized carbons (Fsp3) is 0.933. The fourth-order valence-corrected chi connectivity index (χ4v) is 3.76. The number of rotatable bonds is 3. The minimum absolute atomic E-state index is 0.252. The molecule has 2 fully saturated rings. The average molecular weight is 316 g/mol. The first kappa shape index (κ1) is 16.7. The highest BCUT2D eigenvalue weighted by Gasteiger charge is 2.41. The monoisotopic (exact) mass is 316 g/mol. The second-order valence-electron chi connectivity index (χ2n) is 6.90. The largest absolute Gasteiger partial charge is 0.340 e. The molecule has 0 aromatic rings. The second-order valence-corrected chi connectivity index (χ2v) is 9.47. The van der Waals surface area contributed by atoms with Crippen LogP contribution in [-0.4, -0.2) is 67.3 Å². The second kappa shape index (κ2) is 6.24. The number of hydrogen-bond acceptors (Lipinski definition) is 4. The van der Waals surface area contributed by atoms with Crippen LogP contribution in [0.1, 0.15) is 46.0 Å². The summed E-state index contributed by atoms with van der Waals surface area (Å²) in [4.78, 5) is 16.8. The highest BCUT2D eigenvalue weighted by molar-refractivity contribution is 7.92. The molecule has 1 saturated carbocycles. The summed E-state index contributed by atoms with van der Waals surface area (Å²) >= 11 is 0. The summed E-state index contributed by atoms with van der Waals surface area (Å²) in [7, 11) is -3.40. The normalized spacial score (nSPS) is 23.3. The highest BCUT2D eigenvalue weighted by atomic mass is 32.2. The molecule has 2 aliphatic rings. The van der Waals surface area contributed by atoms with E-state index in [4.69, 9.17) is 0 Å². The van der Waals surface area contributed by atoms with Crippen LogP contribution in [-0.2, 0) is 14.6 Å². The van der Waals surface area contributed by atoms with Crippen molar-refractivity contribution in [3.63, 3.8) is 0 Å². The summed E-state index contributed by atoms with van der Waals surface area (Å²) in [5, 5.41) is 0. The van der Waals surface area contributed by atoms with E-state index in [0.717, 1.165) is 25.8 Å². The van der Waals surface area contributed by atoms with Gasteiger partial charge in [-0.2, -0.15) is 0 Å². The molecular formula is C15H28N2O3S. The van der Waals surface area contributed by atoms with Crippen LogP contribution in [0.15, 0.2) is 0 Å². The van der Waals surface area contributed by atoms with Crippen molar-refractivity contribution >= 4 is 15.7 Å². The molecule has 0 atom stereocenters. The van der Waals surface area contributed by atoms with Crippen molar-refractivity contribution in [3.8, 4) is 0 Å². The van der Waals surface area contributed by atoms with Crippen molar-refractivity contribution in [3.05, 3.63) is 0 Å². The Morgan fingerprint density at radius 2 is 1.62 bits per heavy atom. The predicted octanol–water partition coefficient (Wildman–Crippen LogP) is 1.29. The van der Waals surface area contributed by atoms with Crippen LogP contribution in [0.25, 0.3) is 0 Å². The molecule has 0 aromatic carbocycles. The third-order valence-electron chi connectivity index (χ3n) is 5.10. The first-order chi connectivity index (χ1) is 9.73. The standard InChI is InChI=1S/C15H28N2O3S/c1-15(2,21(3,19)20)14(18)17-10-6-9-16(11-12-17)13-7-4-5-8-13/h13H,4-12H2,1-3H3. The molecule has 1 aliphatic carbocycles. The zero-order chi connectivity index (χ0) is 15.7. The minimum Gasteiger partial charge on any atom is -0.340 e. The van der Waals surface area contributed by atoms with Gasteiger partial charge in [-0.3, -0.25) is 9.69 Å². The number of hydrogen-bond donors (Lipinski definition) is 0. The quantitative estimate of drug-likeness (QED) is 0.787. The van der Waals surface area contributed by atoms with E-state index in [9.17, 15) is 13.2 Å². The molecular weight excluding hydrogens is 288 g/mol. The Labute approximate surface area is 128 Å². The van der Waals surface area contributed by atoms with Crippen LogP contribution in [0.3, 0.4) is 0 Å². The van der Waals surface area contributed by atoms with Crippen LogP contribution in [0.5, 0.6) is 0 Å². The molecule has 6 heteroatoms. The van der Waals surface area contributed by atoms with Gasteiger partial charge >= 0.3 is 0 Å². The Bertz CT molecular complexity index is 481. The van der Waals surface area contributed by atoms with Gasteiger partial charge in [0.2, 0.25) is 5.91 Å². The average Bonchev–Trinajstić information content (AvgIpc) is 2.81. The van der Waals surface area contributed by atoms with Gasteiger partial charge < -0.3 is 4.90 Å². The lowest BCUT2D eigenvalue weighted by Gasteiger charge is -2.30. The van der Waals surface area contributed by atoms with E-state index in [1.807, 2.05) is 0 Å². The number of carbonyl (C=O) groups is 1. The number of carbonyl (C=O) groups excluding carboxylic acids is 1. The smallest absolute Gasteiger partial charge is 0.243 e. The molecule has 5 nitrogen and oxygen atoms in total. The van der Waals surface area contributed by atoms with Crippen molar-refractivity contribution in [2.45, 2.75) is 56.7 Å². The third-order valence-corrected chi connectivity index (χ3v) is 7.13. The van der Waals surface area contributed by atoms with Gasteiger partial charge in [0.15, 0.2) is 9.84 Å². The van der Waals surface area contributed by atoms with Crippen molar-refractivity contribution in [1.82, 2.24) is 9.80 Å². The summed E-state index contributed by atoms with van der Waals surface area (Å²) in [6.07, 6.45) is 7.23. The van der Waals surface area contributed by atoms with Crippen LogP contribution in [0, 0.1) is 0 Å². The molecule has 1 heterocycles. The van der Waals surface area contributed by atoms with Crippen LogP contribution in [0.2, 0.25) is 0 Å². The Hall–Kier alpha value is -0.620. The van der Waals surface area contributed by atoms with E-state index in [1.54, 1.807) is 4.90 Å². The Morgan fingerprint density at radius 3 is 2.19 bits per heavy atom. The van der Waals surface area contributed by atoms with Gasteiger partial charge in [0.25, 0.3) is 0 Å². The Morgan fingerprint density at radius 1 is 1.00 bits per heavy atom. The summed E-state index contributed by atoms with van der Waals surface area (Å²) in [6.45, 7) is 6.24. The van der Waals surface area contributed by atoms with Gasteiger partial charge in [0.1, 0.15) is 4.75 Å². The van der Waals surface area contributed by atoms with Gasteiger partial charge in [-0.05, 0) is 33.1 Å². The van der Waals surface area contributed by atoms with E-state index in [-0.39, 0.29) is 5.91 Å². The van der Waals surface area contributed by atoms with E-state index in [2.05, 4.69) is 4.90 Å². The van der Waals surface area contributed by atoms with Gasteiger partial charge in [-0.15, -0.1) is 0 Å². The lowest BCUT2D eigenvalue weighted by molar-refractivity contribution is -0.133. The zero-order valence-corrected chi connectivity index (χ0v) is 14.3. The van der Waals surface area contributed by atoms with Crippen LogP contribution in [0.4, 0.5) is 0 Å². The molecule has 0 N–H and O–H groups in total. The molecule has 0 bridgehead atoms. The van der Waals surface area contributed by atoms with Gasteiger partial charge in [0.05, 0.1) is 0 Å². The first-order valence-electron chi connectivity index (χ1n) is 7.96. The summed E-state index contributed by atoms with van der Waals surface area (Å²) in [5.74, 6) is -0.252. The molecule has 0 radical (unpaired) electrons. The topological polar surface area (TPSA) is 57.7 Å². The van der Waals surface area contributed by atoms with E-state index in [1.165, 1.54) is 39.5 Å². The van der Waals surface area contributed by atoms with Crippen LogP contribution >= 0.6 is 0 Å². The molecule has 2 rings (SSSR count). The Balaban J connectivity index is 2.01. The maximum atomic E-state index is 12.6. The molecule has 0 spiro atoms. The lowest BCUT2D eigenvalue weighted by Crippen LogP contribution is -2.50. The van der Waals surface area contributed by atoms with Gasteiger partial charge in [0, 0.05) is 38.5 Å². The van der Waals surface area contributed by atoms with Crippen molar-refractivity contribution in [2.24, 2.45) is 0 Å². The van der Waals surface area contributed by atoms with E-state index < -0.39 is 14.6 Å². The highest BCUT2D eigenvalue weighted by Crippen LogP contribution is 2.25. The fourth-order valence-electron chi connectivity index (χ4n) is 3.31. The van der Waals surface area contributed by atoms with Crippen molar-refractivity contribution < 1.29 is 13.2 Å². The molecule has 1 saturated heterocycles. The summed E-state index contributed by atoms with van der Waals surface area (Å²) in [6, 6.07) is 0.669. The van der Waals surface area contributed by atoms with E-state index in [0.29, 0.717) is 19.1 Å². The van der Waals surface area contributed by atoms with Gasteiger partial charge in [-0.1, -0.05) is 12.8 Å². The molecule has 0 aromatic heterocycles. The molecule has 1 amide bonds. The zero-order valence-electron chi connectivity index (χ0n) is 13.5. The molecule has 1 aliphatic heterocycles. The van der Waals surface area contributed by atoms with Gasteiger partial charge in [-0.25, -0.2) is 8.42 Å². The predicted molar refractivity (Wildman–Crippen MR) is 83.9 cm³/mol. The van der Waals surface area contributed by atoms with Crippen LogP contribution < -0.4 is 0 Å². The summed E-state index contributed by atoms with van der Waals surface area (Å²) in [5.41, 5.74) is 0. The maximum absolute atomic E-state index is 12.6. The molecule has 0 unspecified atom stereocenters. The minimum atomic E-state index is -3.40. The van der Waals surface area contributed by atoms with Crippen molar-refractivity contribution in [2.75, 3.05) is 32.4 Å². The number of nitrogens with zero attached hydrogens (tertiary/aromatic N) is 2. The SMILES string of the molecule is CC(C)(C(=O)N1CCCN(C2CCCC2)CC1)S(C)(=O)=O. The third kappa shape index (κ3) is 3.59. The Kier molecular flexibility index (Phi) is 4.98. The lowest BCUT2D eigenvalue weighted by atomic mass is 10.1. The first-order valence-corrected chi connectivity index (χ1v) is 9.85. The maximum Gasteiger partial charge on any atom is 0.243 e. The summed E-state index contributed by atoms with van der Waals surface area (Å²) < 4.78 is 22.4. The number of sulfone groups is 1.